The van der Waals surface area contributed by atoms with Gasteiger partial charge in [-0.15, -0.1) is 0 Å². The van der Waals surface area contributed by atoms with Crippen molar-refractivity contribution in [3.05, 3.63) is 35.6 Å². The second kappa shape index (κ2) is 7.11. The van der Waals surface area contributed by atoms with E-state index in [1.54, 1.807) is 6.07 Å². The molecule has 0 bridgehead atoms. The standard InChI is InChI=1S/C14H21FN2O/c1-4-10(2)17-14(18)9-16-11(3)12-6-5-7-13(15)8-12/h5-8,10-11,16H,4,9H2,1-3H3,(H,17,18)/t10?,11-/m1/s1. The van der Waals surface area contributed by atoms with Crippen molar-refractivity contribution < 1.29 is 9.18 Å². The third-order valence-electron chi connectivity index (χ3n) is 2.94. The lowest BCUT2D eigenvalue weighted by molar-refractivity contribution is -0.120. The number of hydrogen-bond acceptors (Lipinski definition) is 2. The average molecular weight is 252 g/mol. The molecule has 0 radical (unpaired) electrons. The number of amides is 1. The van der Waals surface area contributed by atoms with Crippen LogP contribution in [0.15, 0.2) is 24.3 Å². The molecule has 1 aromatic rings. The third-order valence-corrected chi connectivity index (χ3v) is 2.94. The molecule has 18 heavy (non-hydrogen) atoms. The largest absolute Gasteiger partial charge is 0.353 e. The molecule has 4 heteroatoms. The summed E-state index contributed by atoms with van der Waals surface area (Å²) >= 11 is 0. The molecule has 2 atom stereocenters. The molecule has 0 aliphatic rings. The van der Waals surface area contributed by atoms with Crippen molar-refractivity contribution in [2.75, 3.05) is 6.54 Å². The zero-order chi connectivity index (χ0) is 13.5. The van der Waals surface area contributed by atoms with Crippen LogP contribution in [-0.4, -0.2) is 18.5 Å². The summed E-state index contributed by atoms with van der Waals surface area (Å²) in [6.07, 6.45) is 0.908. The maximum atomic E-state index is 13.0. The summed E-state index contributed by atoms with van der Waals surface area (Å²) in [5.41, 5.74) is 0.839. The van der Waals surface area contributed by atoms with E-state index in [1.807, 2.05) is 26.8 Å². The maximum Gasteiger partial charge on any atom is 0.234 e. The first-order valence-corrected chi connectivity index (χ1v) is 6.31. The number of halogens is 1. The van der Waals surface area contributed by atoms with Gasteiger partial charge in [0.2, 0.25) is 5.91 Å². The molecule has 1 aromatic carbocycles. The van der Waals surface area contributed by atoms with Crippen molar-refractivity contribution in [1.29, 1.82) is 0 Å². The molecule has 1 amide bonds. The first kappa shape index (κ1) is 14.6. The van der Waals surface area contributed by atoms with Crippen LogP contribution in [0, 0.1) is 5.82 Å². The van der Waals surface area contributed by atoms with E-state index in [0.717, 1.165) is 12.0 Å². The number of carbonyl (C=O) groups excluding carboxylic acids is 1. The average Bonchev–Trinajstić information content (AvgIpc) is 2.35. The molecule has 1 rings (SSSR count). The van der Waals surface area contributed by atoms with Crippen LogP contribution in [-0.2, 0) is 4.79 Å². The lowest BCUT2D eigenvalue weighted by Crippen LogP contribution is -2.39. The minimum Gasteiger partial charge on any atom is -0.353 e. The van der Waals surface area contributed by atoms with Crippen molar-refractivity contribution in [2.24, 2.45) is 0 Å². The highest BCUT2D eigenvalue weighted by Gasteiger charge is 2.09. The lowest BCUT2D eigenvalue weighted by Gasteiger charge is -2.16. The molecule has 100 valence electrons. The smallest absolute Gasteiger partial charge is 0.234 e. The van der Waals surface area contributed by atoms with Gasteiger partial charge < -0.3 is 10.6 Å². The highest BCUT2D eigenvalue weighted by Crippen LogP contribution is 2.12. The molecule has 2 N–H and O–H groups in total. The van der Waals surface area contributed by atoms with E-state index < -0.39 is 0 Å². The van der Waals surface area contributed by atoms with Crippen LogP contribution in [0.5, 0.6) is 0 Å². The molecular formula is C14H21FN2O. The first-order valence-electron chi connectivity index (χ1n) is 6.31. The molecule has 0 aliphatic heterocycles. The van der Waals surface area contributed by atoms with Crippen molar-refractivity contribution >= 4 is 5.91 Å². The fraction of sp³-hybridized carbons (Fsp3) is 0.500. The zero-order valence-corrected chi connectivity index (χ0v) is 11.2. The Balaban J connectivity index is 2.41. The van der Waals surface area contributed by atoms with Gasteiger partial charge in [0, 0.05) is 12.1 Å². The van der Waals surface area contributed by atoms with E-state index >= 15 is 0 Å². The summed E-state index contributed by atoms with van der Waals surface area (Å²) in [5.74, 6) is -0.294. The fourth-order valence-corrected chi connectivity index (χ4v) is 1.57. The second-order valence-corrected chi connectivity index (χ2v) is 4.53. The Kier molecular flexibility index (Phi) is 5.78. The molecule has 0 heterocycles. The molecule has 3 nitrogen and oxygen atoms in total. The van der Waals surface area contributed by atoms with Gasteiger partial charge in [-0.25, -0.2) is 4.39 Å². The van der Waals surface area contributed by atoms with E-state index in [2.05, 4.69) is 10.6 Å². The summed E-state index contributed by atoms with van der Waals surface area (Å²) in [7, 11) is 0. The van der Waals surface area contributed by atoms with E-state index in [4.69, 9.17) is 0 Å². The molecule has 0 fully saturated rings. The number of hydrogen-bond donors (Lipinski definition) is 2. The van der Waals surface area contributed by atoms with Gasteiger partial charge in [0.1, 0.15) is 5.82 Å². The van der Waals surface area contributed by atoms with E-state index in [9.17, 15) is 9.18 Å². The Morgan fingerprint density at radius 2 is 2.11 bits per heavy atom. The highest BCUT2D eigenvalue weighted by molar-refractivity contribution is 5.78. The molecule has 0 saturated carbocycles. The topological polar surface area (TPSA) is 41.1 Å². The highest BCUT2D eigenvalue weighted by atomic mass is 19.1. The summed E-state index contributed by atoms with van der Waals surface area (Å²) in [6, 6.07) is 6.53. The van der Waals surface area contributed by atoms with Crippen LogP contribution < -0.4 is 10.6 Å². The Labute approximate surface area is 108 Å². The van der Waals surface area contributed by atoms with Gasteiger partial charge in [-0.1, -0.05) is 19.1 Å². The third kappa shape index (κ3) is 4.84. The van der Waals surface area contributed by atoms with Gasteiger partial charge in [-0.3, -0.25) is 4.79 Å². The molecular weight excluding hydrogens is 231 g/mol. The monoisotopic (exact) mass is 252 g/mol. The molecule has 0 saturated heterocycles. The van der Waals surface area contributed by atoms with Crippen molar-refractivity contribution in [3.63, 3.8) is 0 Å². The minimum atomic E-state index is -0.259. The van der Waals surface area contributed by atoms with Gasteiger partial charge in [0.25, 0.3) is 0 Å². The van der Waals surface area contributed by atoms with Crippen LogP contribution in [0.3, 0.4) is 0 Å². The minimum absolute atomic E-state index is 0.0346. The van der Waals surface area contributed by atoms with Gasteiger partial charge >= 0.3 is 0 Å². The van der Waals surface area contributed by atoms with Gasteiger partial charge in [-0.2, -0.15) is 0 Å². The summed E-state index contributed by atoms with van der Waals surface area (Å²) in [5, 5.41) is 5.95. The van der Waals surface area contributed by atoms with Crippen molar-refractivity contribution in [2.45, 2.75) is 39.3 Å². The fourth-order valence-electron chi connectivity index (χ4n) is 1.57. The molecule has 1 unspecified atom stereocenters. The first-order chi connectivity index (χ1) is 8.52. The SMILES string of the molecule is CCC(C)NC(=O)CN[C@H](C)c1cccc(F)c1. The quantitative estimate of drug-likeness (QED) is 0.816. The normalized spacial score (nSPS) is 14.0. The van der Waals surface area contributed by atoms with Crippen LogP contribution in [0.2, 0.25) is 0 Å². The van der Waals surface area contributed by atoms with Gasteiger partial charge in [-0.05, 0) is 38.0 Å². The number of rotatable bonds is 6. The summed E-state index contributed by atoms with van der Waals surface area (Å²) < 4.78 is 13.0. The second-order valence-electron chi connectivity index (χ2n) is 4.53. The zero-order valence-electron chi connectivity index (χ0n) is 11.2. The lowest BCUT2D eigenvalue weighted by atomic mass is 10.1. The predicted octanol–water partition coefficient (Wildman–Crippen LogP) is 2.39. The number of carbonyl (C=O) groups is 1. The van der Waals surface area contributed by atoms with Crippen LogP contribution in [0.25, 0.3) is 0 Å². The van der Waals surface area contributed by atoms with E-state index in [0.29, 0.717) is 0 Å². The van der Waals surface area contributed by atoms with Crippen LogP contribution >= 0.6 is 0 Å². The Bertz CT molecular complexity index is 395. The molecule has 0 aromatic heterocycles. The van der Waals surface area contributed by atoms with Crippen LogP contribution in [0.1, 0.15) is 38.8 Å². The number of nitrogens with one attached hydrogen (secondary N) is 2. The Morgan fingerprint density at radius 1 is 1.39 bits per heavy atom. The Hall–Kier alpha value is -1.42. The predicted molar refractivity (Wildman–Crippen MR) is 70.7 cm³/mol. The molecule has 0 spiro atoms. The van der Waals surface area contributed by atoms with Crippen molar-refractivity contribution in [1.82, 2.24) is 10.6 Å². The van der Waals surface area contributed by atoms with E-state index in [1.165, 1.54) is 12.1 Å². The van der Waals surface area contributed by atoms with E-state index in [-0.39, 0.29) is 30.4 Å². The van der Waals surface area contributed by atoms with Crippen molar-refractivity contribution in [3.8, 4) is 0 Å². The Morgan fingerprint density at radius 3 is 2.72 bits per heavy atom. The van der Waals surface area contributed by atoms with Gasteiger partial charge in [0.15, 0.2) is 0 Å². The molecule has 0 aliphatic carbocycles. The summed E-state index contributed by atoms with van der Waals surface area (Å²) in [6.45, 7) is 6.13. The van der Waals surface area contributed by atoms with Crippen LogP contribution in [0.4, 0.5) is 4.39 Å². The summed E-state index contributed by atoms with van der Waals surface area (Å²) in [4.78, 5) is 11.6. The number of benzene rings is 1. The van der Waals surface area contributed by atoms with Gasteiger partial charge in [0.05, 0.1) is 6.54 Å². The maximum absolute atomic E-state index is 13.0.